The van der Waals surface area contributed by atoms with E-state index in [9.17, 15) is 18.7 Å². The van der Waals surface area contributed by atoms with Crippen LogP contribution < -0.4 is 5.73 Å². The van der Waals surface area contributed by atoms with Crippen LogP contribution in [0.1, 0.15) is 39.8 Å². The summed E-state index contributed by atoms with van der Waals surface area (Å²) in [5.74, 6) is -1.25. The molecule has 2 atom stereocenters. The van der Waals surface area contributed by atoms with Crippen LogP contribution in [-0.2, 0) is 19.4 Å². The van der Waals surface area contributed by atoms with Crippen LogP contribution in [0, 0.1) is 18.6 Å². The lowest BCUT2D eigenvalue weighted by Gasteiger charge is -2.29. The molecule has 0 unspecified atom stereocenters. The Morgan fingerprint density at radius 1 is 1.08 bits per heavy atom. The monoisotopic (exact) mass is 553 g/mol. The first-order chi connectivity index (χ1) is 18.6. The third-order valence-electron chi connectivity index (χ3n) is 6.52. The average Bonchev–Trinajstić information content (AvgIpc) is 3.32. The third kappa shape index (κ3) is 7.06. The summed E-state index contributed by atoms with van der Waals surface area (Å²) in [6.45, 7) is 3.88. The summed E-state index contributed by atoms with van der Waals surface area (Å²) in [4.78, 5) is 15.6. The van der Waals surface area contributed by atoms with Crippen molar-refractivity contribution in [3.05, 3.63) is 112 Å². The molecule has 3 aromatic carbocycles. The first-order valence-electron chi connectivity index (χ1n) is 12.6. The van der Waals surface area contributed by atoms with Gasteiger partial charge in [-0.1, -0.05) is 42.8 Å². The maximum atomic E-state index is 14.1. The van der Waals surface area contributed by atoms with E-state index < -0.39 is 23.8 Å². The highest BCUT2D eigenvalue weighted by Crippen LogP contribution is 2.24. The van der Waals surface area contributed by atoms with Gasteiger partial charge in [-0.3, -0.25) is 9.36 Å². The number of carbonyl (C=O) groups is 1. The minimum absolute atomic E-state index is 0.0194. The molecule has 39 heavy (non-hydrogen) atoms. The normalized spacial score (nSPS) is 12.8. The number of aryl methyl sites for hydroxylation is 2. The molecule has 3 N–H and O–H groups in total. The second kappa shape index (κ2) is 12.5. The summed E-state index contributed by atoms with van der Waals surface area (Å²) < 4.78 is 29.1. The Bertz CT molecular complexity index is 1440. The van der Waals surface area contributed by atoms with Gasteiger partial charge in [0.1, 0.15) is 23.8 Å². The zero-order chi connectivity index (χ0) is 28.1. The van der Waals surface area contributed by atoms with Crippen molar-refractivity contribution in [3.63, 3.8) is 0 Å². The minimum Gasteiger partial charge on any atom is -0.390 e. The van der Waals surface area contributed by atoms with Crippen molar-refractivity contribution in [1.82, 2.24) is 19.7 Å². The Morgan fingerprint density at radius 2 is 1.79 bits per heavy atom. The van der Waals surface area contributed by atoms with E-state index >= 15 is 0 Å². The van der Waals surface area contributed by atoms with Crippen molar-refractivity contribution in [2.45, 2.75) is 45.4 Å². The predicted octanol–water partition coefficient (Wildman–Crippen LogP) is 4.64. The lowest BCUT2D eigenvalue weighted by atomic mass is 10.0. The lowest BCUT2D eigenvalue weighted by Crippen LogP contribution is -2.46. The third-order valence-corrected chi connectivity index (χ3v) is 6.76. The van der Waals surface area contributed by atoms with Crippen molar-refractivity contribution in [3.8, 4) is 5.69 Å². The molecular formula is C29H30ClF2N5O2. The van der Waals surface area contributed by atoms with E-state index in [0.717, 1.165) is 23.6 Å². The van der Waals surface area contributed by atoms with E-state index in [-0.39, 0.29) is 25.4 Å². The van der Waals surface area contributed by atoms with Crippen molar-refractivity contribution >= 4 is 17.5 Å². The molecule has 0 aliphatic rings. The molecule has 0 radical (unpaired) electrons. The van der Waals surface area contributed by atoms with E-state index in [1.165, 1.54) is 23.4 Å². The Kier molecular flexibility index (Phi) is 9.06. The van der Waals surface area contributed by atoms with E-state index in [1.807, 2.05) is 31.2 Å². The van der Waals surface area contributed by atoms with Crippen molar-refractivity contribution in [1.29, 1.82) is 0 Å². The molecule has 204 valence electrons. The van der Waals surface area contributed by atoms with Crippen LogP contribution in [0.5, 0.6) is 0 Å². The van der Waals surface area contributed by atoms with Crippen LogP contribution in [0.3, 0.4) is 0 Å². The summed E-state index contributed by atoms with van der Waals surface area (Å²) in [6.07, 6.45) is 1.16. The summed E-state index contributed by atoms with van der Waals surface area (Å²) in [5.41, 5.74) is 9.38. The van der Waals surface area contributed by atoms with Crippen LogP contribution in [0.15, 0.2) is 67.0 Å². The zero-order valence-electron chi connectivity index (χ0n) is 21.7. The SMILES string of the molecule is CCc1cccc(CN(C[C@@H](O)[C@@H](N)Cc2cc(F)cc(F)c2)C(=O)c2cc(Cl)ccc2-n2cnnc2C)c1. The highest BCUT2D eigenvalue weighted by Gasteiger charge is 2.26. The van der Waals surface area contributed by atoms with Crippen LogP contribution in [-0.4, -0.2) is 49.4 Å². The topological polar surface area (TPSA) is 97.3 Å². The van der Waals surface area contributed by atoms with Gasteiger partial charge in [-0.15, -0.1) is 10.2 Å². The number of amides is 1. The first-order valence-corrected chi connectivity index (χ1v) is 12.9. The van der Waals surface area contributed by atoms with Gasteiger partial charge >= 0.3 is 0 Å². The summed E-state index contributed by atoms with van der Waals surface area (Å²) >= 11 is 6.30. The number of aromatic nitrogens is 3. The molecule has 10 heteroatoms. The maximum absolute atomic E-state index is 14.1. The number of carbonyl (C=O) groups excluding carboxylic acids is 1. The fourth-order valence-corrected chi connectivity index (χ4v) is 4.65. The Morgan fingerprint density at radius 3 is 2.46 bits per heavy atom. The highest BCUT2D eigenvalue weighted by molar-refractivity contribution is 6.31. The largest absolute Gasteiger partial charge is 0.390 e. The molecule has 0 aliphatic heterocycles. The van der Waals surface area contributed by atoms with Crippen molar-refractivity contribution in [2.24, 2.45) is 5.73 Å². The van der Waals surface area contributed by atoms with Crippen LogP contribution in [0.2, 0.25) is 5.02 Å². The quantitative estimate of drug-likeness (QED) is 0.298. The molecule has 1 aromatic heterocycles. The lowest BCUT2D eigenvalue weighted by molar-refractivity contribution is 0.0554. The summed E-state index contributed by atoms with van der Waals surface area (Å²) in [6, 6.07) is 15.0. The van der Waals surface area contributed by atoms with Crippen LogP contribution >= 0.6 is 11.6 Å². The zero-order valence-corrected chi connectivity index (χ0v) is 22.4. The number of nitrogens with two attached hydrogens (primary N) is 1. The Labute approximate surface area is 230 Å². The van der Waals surface area contributed by atoms with Gasteiger partial charge in [0.2, 0.25) is 0 Å². The van der Waals surface area contributed by atoms with E-state index in [4.69, 9.17) is 17.3 Å². The number of rotatable bonds is 10. The first kappa shape index (κ1) is 28.4. The van der Waals surface area contributed by atoms with Crippen LogP contribution in [0.4, 0.5) is 8.78 Å². The van der Waals surface area contributed by atoms with E-state index in [0.29, 0.717) is 27.7 Å². The van der Waals surface area contributed by atoms with Gasteiger partial charge in [-0.2, -0.15) is 0 Å². The van der Waals surface area contributed by atoms with Gasteiger partial charge < -0.3 is 15.7 Å². The standard InChI is InChI=1S/C29H30ClF2N5O2/c1-3-19-5-4-6-20(9-19)15-36(16-28(38)26(33)12-21-10-23(31)14-24(32)11-21)29(39)25-13-22(30)7-8-27(25)37-17-34-35-18(37)2/h4-11,13-14,17,26,28,38H,3,12,15-16,33H2,1-2H3/t26-,28+/m0/s1. The number of aliphatic hydroxyl groups excluding tert-OH is 1. The highest BCUT2D eigenvalue weighted by atomic mass is 35.5. The number of hydrogen-bond acceptors (Lipinski definition) is 5. The van der Waals surface area contributed by atoms with Gasteiger partial charge in [0, 0.05) is 30.2 Å². The number of aliphatic hydroxyl groups is 1. The van der Waals surface area contributed by atoms with E-state index in [1.54, 1.807) is 29.7 Å². The smallest absolute Gasteiger partial charge is 0.256 e. The number of benzene rings is 3. The maximum Gasteiger partial charge on any atom is 0.256 e. The molecule has 7 nitrogen and oxygen atoms in total. The molecule has 0 saturated carbocycles. The summed E-state index contributed by atoms with van der Waals surface area (Å²) in [7, 11) is 0. The van der Waals surface area contributed by atoms with Crippen molar-refractivity contribution in [2.75, 3.05) is 6.54 Å². The van der Waals surface area contributed by atoms with Crippen LogP contribution in [0.25, 0.3) is 5.69 Å². The van der Waals surface area contributed by atoms with Gasteiger partial charge in [0.25, 0.3) is 5.91 Å². The molecule has 1 amide bonds. The molecule has 0 fully saturated rings. The van der Waals surface area contributed by atoms with Gasteiger partial charge in [-0.05, 0) is 66.8 Å². The fourth-order valence-electron chi connectivity index (χ4n) is 4.48. The molecule has 4 rings (SSSR count). The number of nitrogens with zero attached hydrogens (tertiary/aromatic N) is 4. The minimum atomic E-state index is -1.19. The predicted molar refractivity (Wildman–Crippen MR) is 146 cm³/mol. The molecule has 1 heterocycles. The van der Waals surface area contributed by atoms with Crippen molar-refractivity contribution < 1.29 is 18.7 Å². The Balaban J connectivity index is 1.66. The molecular weight excluding hydrogens is 524 g/mol. The average molecular weight is 554 g/mol. The molecule has 0 saturated heterocycles. The fraction of sp³-hybridized carbons (Fsp3) is 0.276. The van der Waals surface area contributed by atoms with Gasteiger partial charge in [0.05, 0.1) is 17.4 Å². The second-order valence-electron chi connectivity index (χ2n) is 9.48. The number of halogens is 3. The van der Waals surface area contributed by atoms with Gasteiger partial charge in [-0.25, -0.2) is 8.78 Å². The molecule has 0 spiro atoms. The molecule has 0 aliphatic carbocycles. The Hall–Kier alpha value is -3.66. The molecule has 0 bridgehead atoms. The van der Waals surface area contributed by atoms with Gasteiger partial charge in [0.15, 0.2) is 0 Å². The van der Waals surface area contributed by atoms with E-state index in [2.05, 4.69) is 10.2 Å². The number of hydrogen-bond donors (Lipinski definition) is 2. The second-order valence-corrected chi connectivity index (χ2v) is 9.92. The summed E-state index contributed by atoms with van der Waals surface area (Å²) in [5, 5.41) is 19.4. The molecule has 4 aromatic rings.